The van der Waals surface area contributed by atoms with Gasteiger partial charge in [-0.2, -0.15) is 5.10 Å². The van der Waals surface area contributed by atoms with Gasteiger partial charge in [0.05, 0.1) is 5.52 Å². The summed E-state index contributed by atoms with van der Waals surface area (Å²) in [4.78, 5) is 21.1. The van der Waals surface area contributed by atoms with Gasteiger partial charge in [0.25, 0.3) is 0 Å². The minimum absolute atomic E-state index is 0.174. The number of hydrogen-bond donors (Lipinski definition) is 1. The second-order valence-electron chi connectivity index (χ2n) is 7.63. The van der Waals surface area contributed by atoms with Crippen LogP contribution in [-0.4, -0.2) is 45.5 Å². The molecule has 0 unspecified atom stereocenters. The maximum Gasteiger partial charge on any atom is 0.184 e. The predicted octanol–water partition coefficient (Wildman–Crippen LogP) is 3.91. The number of Topliss-reactive ketones (excluding diaryl/α,β-unsaturated/α-hetero) is 1. The molecule has 26 heavy (non-hydrogen) atoms. The van der Waals surface area contributed by atoms with E-state index in [-0.39, 0.29) is 5.78 Å². The number of thiazole rings is 1. The van der Waals surface area contributed by atoms with E-state index in [1.165, 1.54) is 30.8 Å². The minimum atomic E-state index is 0.174. The minimum Gasteiger partial charge on any atom is -0.303 e. The van der Waals surface area contributed by atoms with Gasteiger partial charge in [-0.3, -0.25) is 9.89 Å². The van der Waals surface area contributed by atoms with Crippen LogP contribution < -0.4 is 0 Å². The second kappa shape index (κ2) is 6.28. The van der Waals surface area contributed by atoms with Crippen LogP contribution in [-0.2, 0) is 0 Å². The molecule has 1 aromatic carbocycles. The number of aryl methyl sites for hydroxylation is 1. The van der Waals surface area contributed by atoms with Crippen molar-refractivity contribution in [3.8, 4) is 10.6 Å². The third-order valence-electron chi connectivity index (χ3n) is 5.93. The Bertz CT molecular complexity index is 967. The number of H-pyrrole nitrogens is 1. The summed E-state index contributed by atoms with van der Waals surface area (Å²) in [6, 6.07) is 6.10. The Morgan fingerprint density at radius 3 is 2.88 bits per heavy atom. The van der Waals surface area contributed by atoms with Crippen molar-refractivity contribution in [2.75, 3.05) is 19.6 Å². The molecule has 3 aliphatic rings. The molecule has 1 atom stereocenters. The Morgan fingerprint density at radius 1 is 1.35 bits per heavy atom. The SMILES string of the molecule is Cc1cnc(-c2ccc3c(C(=O)C[C@@H]4CN5CCC4CC5)n[nH]c3c2)s1. The molecule has 6 rings (SSSR count). The Balaban J connectivity index is 1.39. The quantitative estimate of drug-likeness (QED) is 0.711. The van der Waals surface area contributed by atoms with E-state index in [9.17, 15) is 4.79 Å². The Kier molecular flexibility index (Phi) is 3.90. The number of rotatable bonds is 4. The van der Waals surface area contributed by atoms with Crippen LogP contribution in [0.4, 0.5) is 0 Å². The zero-order valence-electron chi connectivity index (χ0n) is 14.9. The highest BCUT2D eigenvalue weighted by atomic mass is 32.1. The van der Waals surface area contributed by atoms with Gasteiger partial charge in [0, 0.05) is 35.0 Å². The summed E-state index contributed by atoms with van der Waals surface area (Å²) in [5.74, 6) is 1.39. The molecule has 3 fully saturated rings. The molecule has 3 aliphatic heterocycles. The molecular weight excluding hydrogens is 344 g/mol. The molecule has 6 heteroatoms. The van der Waals surface area contributed by atoms with Crippen molar-refractivity contribution in [1.29, 1.82) is 0 Å². The van der Waals surface area contributed by atoms with E-state index in [4.69, 9.17) is 0 Å². The van der Waals surface area contributed by atoms with Gasteiger partial charge in [-0.15, -0.1) is 11.3 Å². The first-order valence-electron chi connectivity index (χ1n) is 9.34. The lowest BCUT2D eigenvalue weighted by Gasteiger charge is -2.44. The molecule has 134 valence electrons. The van der Waals surface area contributed by atoms with Crippen molar-refractivity contribution < 1.29 is 4.79 Å². The van der Waals surface area contributed by atoms with Crippen LogP contribution in [0.25, 0.3) is 21.5 Å². The van der Waals surface area contributed by atoms with Gasteiger partial charge >= 0.3 is 0 Å². The average molecular weight is 366 g/mol. The fraction of sp³-hybridized carbons (Fsp3) is 0.450. The lowest BCUT2D eigenvalue weighted by atomic mass is 9.76. The highest BCUT2D eigenvalue weighted by Gasteiger charge is 2.35. The van der Waals surface area contributed by atoms with Gasteiger partial charge in [0.2, 0.25) is 0 Å². The number of hydrogen-bond acceptors (Lipinski definition) is 5. The average Bonchev–Trinajstić information content (AvgIpc) is 3.28. The molecule has 2 aromatic heterocycles. The first-order valence-corrected chi connectivity index (χ1v) is 10.2. The normalized spacial score (nSPS) is 25.0. The van der Waals surface area contributed by atoms with Crippen LogP contribution in [0.15, 0.2) is 24.4 Å². The number of nitrogens with zero attached hydrogens (tertiary/aromatic N) is 3. The summed E-state index contributed by atoms with van der Waals surface area (Å²) in [5.41, 5.74) is 2.57. The van der Waals surface area contributed by atoms with Crippen LogP contribution >= 0.6 is 11.3 Å². The molecule has 0 saturated carbocycles. The van der Waals surface area contributed by atoms with Crippen molar-refractivity contribution >= 4 is 28.0 Å². The van der Waals surface area contributed by atoms with E-state index in [2.05, 4.69) is 27.0 Å². The lowest BCUT2D eigenvalue weighted by Crippen LogP contribution is -2.47. The van der Waals surface area contributed by atoms with E-state index in [1.807, 2.05) is 24.4 Å². The number of carbonyl (C=O) groups excluding carboxylic acids is 1. The molecule has 2 bridgehead atoms. The number of piperidine rings is 3. The molecular formula is C20H22N4OS. The Hall–Kier alpha value is -2.05. The highest BCUT2D eigenvalue weighted by Crippen LogP contribution is 2.35. The molecule has 3 saturated heterocycles. The zero-order valence-corrected chi connectivity index (χ0v) is 15.7. The summed E-state index contributed by atoms with van der Waals surface area (Å²) in [6.45, 7) is 5.55. The number of aromatic nitrogens is 3. The molecule has 3 aromatic rings. The van der Waals surface area contributed by atoms with Crippen LogP contribution in [0.2, 0.25) is 0 Å². The largest absolute Gasteiger partial charge is 0.303 e. The van der Waals surface area contributed by atoms with Crippen molar-refractivity contribution in [3.05, 3.63) is 35.0 Å². The standard InChI is InChI=1S/C20H22N4OS/c1-12-10-21-20(26-12)14-2-3-16-17(8-14)22-23-19(16)18(25)9-15-11-24-6-4-13(15)5-7-24/h2-3,8,10,13,15H,4-7,9,11H2,1H3,(H,22,23)/t15-/m1/s1. The van der Waals surface area contributed by atoms with Crippen LogP contribution in [0, 0.1) is 18.8 Å². The van der Waals surface area contributed by atoms with Gasteiger partial charge in [-0.25, -0.2) is 4.98 Å². The first-order chi connectivity index (χ1) is 12.7. The second-order valence-corrected chi connectivity index (χ2v) is 8.87. The molecule has 0 amide bonds. The van der Waals surface area contributed by atoms with Gasteiger partial charge in [0.15, 0.2) is 5.78 Å². The third kappa shape index (κ3) is 2.77. The Labute approximate surface area is 156 Å². The highest BCUT2D eigenvalue weighted by molar-refractivity contribution is 7.14. The van der Waals surface area contributed by atoms with Crippen LogP contribution in [0.3, 0.4) is 0 Å². The van der Waals surface area contributed by atoms with Gasteiger partial charge in [-0.05, 0) is 56.8 Å². The molecule has 5 nitrogen and oxygen atoms in total. The van der Waals surface area contributed by atoms with E-state index in [0.29, 0.717) is 24.0 Å². The predicted molar refractivity (Wildman–Crippen MR) is 104 cm³/mol. The summed E-state index contributed by atoms with van der Waals surface area (Å²) in [6.07, 6.45) is 5.00. The monoisotopic (exact) mass is 366 g/mol. The smallest absolute Gasteiger partial charge is 0.184 e. The van der Waals surface area contributed by atoms with E-state index in [1.54, 1.807) is 11.3 Å². The summed E-state index contributed by atoms with van der Waals surface area (Å²) >= 11 is 1.68. The first kappa shape index (κ1) is 16.1. The van der Waals surface area contributed by atoms with Crippen LogP contribution in [0.5, 0.6) is 0 Å². The van der Waals surface area contributed by atoms with E-state index in [0.717, 1.165) is 28.0 Å². The number of aromatic amines is 1. The Morgan fingerprint density at radius 2 is 2.19 bits per heavy atom. The molecule has 5 heterocycles. The fourth-order valence-electron chi connectivity index (χ4n) is 4.51. The number of fused-ring (bicyclic) bond motifs is 4. The fourth-order valence-corrected chi connectivity index (χ4v) is 5.27. The summed E-state index contributed by atoms with van der Waals surface area (Å²) < 4.78 is 0. The molecule has 0 aliphatic carbocycles. The van der Waals surface area contributed by atoms with Crippen molar-refractivity contribution in [2.24, 2.45) is 11.8 Å². The third-order valence-corrected chi connectivity index (χ3v) is 6.90. The topological polar surface area (TPSA) is 61.9 Å². The number of carbonyl (C=O) groups is 1. The molecule has 0 radical (unpaired) electrons. The molecule has 0 spiro atoms. The van der Waals surface area contributed by atoms with Gasteiger partial charge < -0.3 is 4.90 Å². The molecule has 1 N–H and O–H groups in total. The number of nitrogens with one attached hydrogen (secondary N) is 1. The zero-order chi connectivity index (χ0) is 17.7. The van der Waals surface area contributed by atoms with Crippen LogP contribution in [0.1, 0.15) is 34.6 Å². The van der Waals surface area contributed by atoms with Gasteiger partial charge in [-0.1, -0.05) is 6.07 Å². The lowest BCUT2D eigenvalue weighted by molar-refractivity contribution is 0.0440. The van der Waals surface area contributed by atoms with E-state index >= 15 is 0 Å². The maximum absolute atomic E-state index is 12.9. The maximum atomic E-state index is 12.9. The van der Waals surface area contributed by atoms with Gasteiger partial charge in [0.1, 0.15) is 10.7 Å². The summed E-state index contributed by atoms with van der Waals surface area (Å²) in [5, 5.41) is 9.33. The van der Waals surface area contributed by atoms with Crippen molar-refractivity contribution in [1.82, 2.24) is 20.1 Å². The number of benzene rings is 1. The number of ketones is 1. The van der Waals surface area contributed by atoms with Crippen molar-refractivity contribution in [2.45, 2.75) is 26.2 Å². The summed E-state index contributed by atoms with van der Waals surface area (Å²) in [7, 11) is 0. The van der Waals surface area contributed by atoms with E-state index < -0.39 is 0 Å². The van der Waals surface area contributed by atoms with Crippen molar-refractivity contribution in [3.63, 3.8) is 0 Å².